The number of aromatic nitrogens is 5. The molecule has 4 aromatic heterocycles. The van der Waals surface area contributed by atoms with Crippen molar-refractivity contribution in [3.8, 4) is 16.9 Å². The predicted molar refractivity (Wildman–Crippen MR) is 136 cm³/mol. The van der Waals surface area contributed by atoms with Gasteiger partial charge in [-0.05, 0) is 19.1 Å². The van der Waals surface area contributed by atoms with Gasteiger partial charge in [0, 0.05) is 29.2 Å². The molecule has 1 N–H and O–H groups in total. The van der Waals surface area contributed by atoms with E-state index in [0.29, 0.717) is 39.0 Å². The molecule has 14 heteroatoms. The lowest BCUT2D eigenvalue weighted by Gasteiger charge is -2.14. The number of aryl methyl sites for hydroxylation is 1. The van der Waals surface area contributed by atoms with E-state index in [4.69, 9.17) is 16.3 Å². The van der Waals surface area contributed by atoms with E-state index in [1.807, 2.05) is 6.92 Å². The van der Waals surface area contributed by atoms with Crippen LogP contribution in [0.3, 0.4) is 0 Å². The van der Waals surface area contributed by atoms with Crippen LogP contribution in [0.4, 0.5) is 13.9 Å². The highest BCUT2D eigenvalue weighted by Gasteiger charge is 2.29. The van der Waals surface area contributed by atoms with Gasteiger partial charge in [-0.1, -0.05) is 22.9 Å². The molecule has 2 amide bonds. The van der Waals surface area contributed by atoms with Gasteiger partial charge in [-0.15, -0.1) is 0 Å². The lowest BCUT2D eigenvalue weighted by Crippen LogP contribution is -2.25. The molecule has 0 bridgehead atoms. The van der Waals surface area contributed by atoms with Crippen molar-refractivity contribution in [1.82, 2.24) is 29.6 Å². The maximum absolute atomic E-state index is 13.3. The van der Waals surface area contributed by atoms with E-state index in [2.05, 4.69) is 25.4 Å². The number of alkyl halides is 2. The zero-order chi connectivity index (χ0) is 27.0. The molecule has 0 unspecified atom stereocenters. The molecule has 0 radical (unpaired) electrons. The van der Waals surface area contributed by atoms with Crippen LogP contribution in [0.2, 0.25) is 5.15 Å². The summed E-state index contributed by atoms with van der Waals surface area (Å²) in [6, 6.07) is 3.38. The molecule has 0 aliphatic carbocycles. The van der Waals surface area contributed by atoms with Crippen molar-refractivity contribution in [2.45, 2.75) is 33.0 Å². The second kappa shape index (κ2) is 10.4. The van der Waals surface area contributed by atoms with Crippen LogP contribution in [0.5, 0.6) is 5.75 Å². The maximum atomic E-state index is 13.3. The monoisotopic (exact) mass is 559 g/mol. The SMILES string of the molecule is COc1cnc(Cl)cc1-c1cc(C)ncc1C(=O)Nc1nc2c(s1)CN(C(=O)c1cnn(CC(F)F)c1)C2. The Labute approximate surface area is 224 Å². The van der Waals surface area contributed by atoms with Crippen molar-refractivity contribution in [2.24, 2.45) is 0 Å². The molecule has 5 rings (SSSR count). The molecule has 38 heavy (non-hydrogen) atoms. The van der Waals surface area contributed by atoms with Crippen LogP contribution in [0.25, 0.3) is 11.1 Å². The van der Waals surface area contributed by atoms with Gasteiger partial charge in [0.25, 0.3) is 18.2 Å². The average molecular weight is 560 g/mol. The van der Waals surface area contributed by atoms with Gasteiger partial charge < -0.3 is 9.64 Å². The number of carbonyl (C=O) groups is 2. The number of nitrogens with zero attached hydrogens (tertiary/aromatic N) is 6. The zero-order valence-corrected chi connectivity index (χ0v) is 21.7. The van der Waals surface area contributed by atoms with Crippen LogP contribution in [-0.4, -0.2) is 55.0 Å². The minimum Gasteiger partial charge on any atom is -0.494 e. The molecule has 0 saturated carbocycles. The van der Waals surface area contributed by atoms with Crippen LogP contribution in [0, 0.1) is 6.92 Å². The summed E-state index contributed by atoms with van der Waals surface area (Å²) in [6.45, 7) is 1.74. The summed E-state index contributed by atoms with van der Waals surface area (Å²) in [5.74, 6) is -0.303. The predicted octanol–water partition coefficient (Wildman–Crippen LogP) is 4.44. The molecule has 1 aliphatic rings. The lowest BCUT2D eigenvalue weighted by molar-refractivity contribution is 0.0749. The summed E-state index contributed by atoms with van der Waals surface area (Å²) in [6.07, 6.45) is 2.97. The molecule has 10 nitrogen and oxygen atoms in total. The van der Waals surface area contributed by atoms with Gasteiger partial charge in [-0.3, -0.25) is 24.6 Å². The van der Waals surface area contributed by atoms with E-state index < -0.39 is 18.9 Å². The van der Waals surface area contributed by atoms with E-state index in [1.54, 1.807) is 17.0 Å². The smallest absolute Gasteiger partial charge is 0.259 e. The first-order valence-electron chi connectivity index (χ1n) is 11.3. The highest BCUT2D eigenvalue weighted by atomic mass is 35.5. The van der Waals surface area contributed by atoms with Crippen LogP contribution in [-0.2, 0) is 19.6 Å². The number of pyridine rings is 2. The molecular weight excluding hydrogens is 540 g/mol. The molecule has 0 spiro atoms. The summed E-state index contributed by atoms with van der Waals surface area (Å²) in [7, 11) is 1.50. The number of ether oxygens (including phenoxy) is 1. The van der Waals surface area contributed by atoms with Gasteiger partial charge in [0.1, 0.15) is 17.4 Å². The van der Waals surface area contributed by atoms with Gasteiger partial charge in [-0.2, -0.15) is 5.10 Å². The standard InChI is InChI=1S/C24H20ClF2N7O3S/c1-12-3-14(15-4-20(25)29-7-18(15)37-2)16(6-28-12)22(35)32-24-31-17-9-33(10-19(17)38-24)23(36)13-5-30-34(8-13)11-21(26)27/h3-8,21H,9-11H2,1-2H3,(H,31,32,35). The van der Waals surface area contributed by atoms with E-state index in [9.17, 15) is 18.4 Å². The third-order valence-corrected chi connectivity index (χ3v) is 7.00. The van der Waals surface area contributed by atoms with Crippen molar-refractivity contribution in [3.05, 3.63) is 69.5 Å². The second-order valence-electron chi connectivity index (χ2n) is 8.42. The summed E-state index contributed by atoms with van der Waals surface area (Å²) in [4.78, 5) is 41.2. The number of hydrogen-bond donors (Lipinski definition) is 1. The highest BCUT2D eigenvalue weighted by Crippen LogP contribution is 2.35. The number of halogens is 3. The quantitative estimate of drug-likeness (QED) is 0.333. The fourth-order valence-corrected chi connectivity index (χ4v) is 5.19. The van der Waals surface area contributed by atoms with E-state index in [0.717, 1.165) is 9.56 Å². The van der Waals surface area contributed by atoms with Gasteiger partial charge in [-0.25, -0.2) is 18.7 Å². The Bertz CT molecular complexity index is 1520. The molecule has 0 fully saturated rings. The topological polar surface area (TPSA) is 115 Å². The Hall–Kier alpha value is -3.97. The number of nitrogens with one attached hydrogen (secondary N) is 1. The minimum atomic E-state index is -2.56. The molecule has 0 aromatic carbocycles. The van der Waals surface area contributed by atoms with Crippen LogP contribution in [0.1, 0.15) is 37.0 Å². The molecule has 0 saturated heterocycles. The Morgan fingerprint density at radius 1 is 1.18 bits per heavy atom. The van der Waals surface area contributed by atoms with Crippen molar-refractivity contribution in [1.29, 1.82) is 0 Å². The van der Waals surface area contributed by atoms with Gasteiger partial charge in [0.2, 0.25) is 0 Å². The highest BCUT2D eigenvalue weighted by molar-refractivity contribution is 7.16. The van der Waals surface area contributed by atoms with Crippen molar-refractivity contribution < 1.29 is 23.1 Å². The molecule has 196 valence electrons. The van der Waals surface area contributed by atoms with Gasteiger partial charge >= 0.3 is 0 Å². The number of fused-ring (bicyclic) bond motifs is 1. The number of anilines is 1. The van der Waals surface area contributed by atoms with Crippen molar-refractivity contribution >= 4 is 39.9 Å². The lowest BCUT2D eigenvalue weighted by atomic mass is 10.0. The Kier molecular flexibility index (Phi) is 7.04. The molecule has 1 aliphatic heterocycles. The summed E-state index contributed by atoms with van der Waals surface area (Å²) in [5.41, 5.74) is 3.04. The number of methoxy groups -OCH3 is 1. The van der Waals surface area contributed by atoms with E-state index in [-0.39, 0.29) is 29.7 Å². The molecular formula is C24H20ClF2N7O3S. The third-order valence-electron chi connectivity index (χ3n) is 5.80. The van der Waals surface area contributed by atoms with Crippen LogP contribution in [0.15, 0.2) is 36.9 Å². The second-order valence-corrected chi connectivity index (χ2v) is 9.90. The summed E-state index contributed by atoms with van der Waals surface area (Å²) < 4.78 is 31.6. The zero-order valence-electron chi connectivity index (χ0n) is 20.1. The first kappa shape index (κ1) is 25.7. The maximum Gasteiger partial charge on any atom is 0.259 e. The van der Waals surface area contributed by atoms with Crippen LogP contribution >= 0.6 is 22.9 Å². The fraction of sp³-hybridized carbons (Fsp3) is 0.250. The van der Waals surface area contributed by atoms with Crippen LogP contribution < -0.4 is 10.1 Å². The van der Waals surface area contributed by atoms with E-state index >= 15 is 0 Å². The molecule has 0 atom stereocenters. The van der Waals surface area contributed by atoms with Gasteiger partial charge in [0.05, 0.1) is 54.3 Å². The van der Waals surface area contributed by atoms with E-state index in [1.165, 1.54) is 43.2 Å². The first-order valence-corrected chi connectivity index (χ1v) is 12.5. The largest absolute Gasteiger partial charge is 0.494 e. The summed E-state index contributed by atoms with van der Waals surface area (Å²) >= 11 is 7.36. The number of amides is 2. The average Bonchev–Trinajstić information content (AvgIpc) is 3.58. The molecule has 4 aromatic rings. The number of hydrogen-bond acceptors (Lipinski definition) is 8. The summed E-state index contributed by atoms with van der Waals surface area (Å²) in [5, 5.41) is 7.26. The number of rotatable bonds is 7. The number of thiazole rings is 1. The Morgan fingerprint density at radius 2 is 2.00 bits per heavy atom. The first-order chi connectivity index (χ1) is 18.2. The normalized spacial score (nSPS) is 12.6. The Balaban J connectivity index is 1.32. The minimum absolute atomic E-state index is 0.223. The third kappa shape index (κ3) is 5.20. The fourth-order valence-electron chi connectivity index (χ4n) is 4.05. The number of carbonyl (C=O) groups excluding carboxylic acids is 2. The molecule has 5 heterocycles. The van der Waals surface area contributed by atoms with Gasteiger partial charge in [0.15, 0.2) is 5.13 Å². The van der Waals surface area contributed by atoms with Crippen molar-refractivity contribution in [2.75, 3.05) is 12.4 Å². The van der Waals surface area contributed by atoms with Crippen molar-refractivity contribution in [3.63, 3.8) is 0 Å². The Morgan fingerprint density at radius 3 is 2.74 bits per heavy atom.